The van der Waals surface area contributed by atoms with E-state index in [0.29, 0.717) is 0 Å². The second-order valence-electron chi connectivity index (χ2n) is 1.33. The Hall–Kier alpha value is 0.323. The Morgan fingerprint density at radius 3 is 2.86 bits per heavy atom. The Labute approximate surface area is 57.2 Å². The molecule has 0 saturated carbocycles. The van der Waals surface area contributed by atoms with Crippen molar-refractivity contribution < 1.29 is 18.3 Å². The van der Waals surface area contributed by atoms with Gasteiger partial charge < -0.3 is 0 Å². The van der Waals surface area contributed by atoms with E-state index in [2.05, 4.69) is 17.5 Å². The van der Waals surface area contributed by atoms with E-state index in [9.17, 15) is 0 Å². The standard InChI is InChI=1S/C5H5S.Zn/c1-5-3-2-4-6-5;/h2-4H,1H2;. The van der Waals surface area contributed by atoms with Gasteiger partial charge in [0, 0.05) is 0 Å². The van der Waals surface area contributed by atoms with E-state index in [4.69, 9.17) is 0 Å². The average molecular weight is 163 g/mol. The molecule has 0 aliphatic heterocycles. The summed E-state index contributed by atoms with van der Waals surface area (Å²) in [5.41, 5.74) is 0. The van der Waals surface area contributed by atoms with Gasteiger partial charge in [-0.05, 0) is 0 Å². The van der Waals surface area contributed by atoms with Crippen molar-refractivity contribution in [3.05, 3.63) is 22.4 Å². The van der Waals surface area contributed by atoms with Crippen molar-refractivity contribution in [3.8, 4) is 0 Å². The van der Waals surface area contributed by atoms with Gasteiger partial charge in [-0.2, -0.15) is 0 Å². The van der Waals surface area contributed by atoms with Gasteiger partial charge in [0.2, 0.25) is 0 Å². The van der Waals surface area contributed by atoms with Crippen molar-refractivity contribution in [2.45, 2.75) is 5.02 Å². The van der Waals surface area contributed by atoms with Crippen LogP contribution in [0, 0.1) is 0 Å². The van der Waals surface area contributed by atoms with Crippen molar-refractivity contribution in [1.29, 1.82) is 0 Å². The number of thiophene rings is 1. The first-order chi connectivity index (χ1) is 3.43. The van der Waals surface area contributed by atoms with Crippen LogP contribution < -0.4 is 0 Å². The summed E-state index contributed by atoms with van der Waals surface area (Å²) in [4.78, 5) is 1.53. The third-order valence-corrected chi connectivity index (χ3v) is 3.65. The summed E-state index contributed by atoms with van der Waals surface area (Å²) in [5.74, 6) is 0. The van der Waals surface area contributed by atoms with E-state index in [1.54, 1.807) is 0 Å². The van der Waals surface area contributed by atoms with Crippen molar-refractivity contribution >= 4 is 11.3 Å². The molecule has 0 amide bonds. The van der Waals surface area contributed by atoms with Gasteiger partial charge in [0.15, 0.2) is 0 Å². The van der Waals surface area contributed by atoms with E-state index in [1.165, 1.54) is 28.2 Å². The molecule has 0 N–H and O–H groups in total. The zero-order chi connectivity index (χ0) is 5.11. The normalized spacial score (nSPS) is 9.43. The number of hydrogen-bond donors (Lipinski definition) is 0. The maximum absolute atomic E-state index is 2.19. The molecule has 2 heteroatoms. The van der Waals surface area contributed by atoms with E-state index in [-0.39, 0.29) is 0 Å². The van der Waals surface area contributed by atoms with Gasteiger partial charge in [-0.15, -0.1) is 0 Å². The Morgan fingerprint density at radius 2 is 2.57 bits per heavy atom. The van der Waals surface area contributed by atoms with Crippen LogP contribution in [0.1, 0.15) is 4.88 Å². The van der Waals surface area contributed by atoms with E-state index in [1.807, 2.05) is 11.3 Å². The van der Waals surface area contributed by atoms with Crippen molar-refractivity contribution in [1.82, 2.24) is 0 Å². The summed E-state index contributed by atoms with van der Waals surface area (Å²) >= 11 is 3.24. The SMILES string of the molecule is [Zn][CH2]c1cccs1. The molecule has 0 nitrogen and oxygen atoms in total. The molecule has 1 heterocycles. The summed E-state index contributed by atoms with van der Waals surface area (Å²) < 4.78 is 0. The van der Waals surface area contributed by atoms with Gasteiger partial charge in [0.05, 0.1) is 0 Å². The summed E-state index contributed by atoms with van der Waals surface area (Å²) in [6.45, 7) is 0. The van der Waals surface area contributed by atoms with Gasteiger partial charge in [-0.1, -0.05) is 0 Å². The predicted octanol–water partition coefficient (Wildman–Crippen LogP) is 1.79. The average Bonchev–Trinajstić information content (AvgIpc) is 2.14. The van der Waals surface area contributed by atoms with Crippen LogP contribution in [0.5, 0.6) is 0 Å². The molecule has 0 fully saturated rings. The summed E-state index contributed by atoms with van der Waals surface area (Å²) in [6.07, 6.45) is 0. The monoisotopic (exact) mass is 161 g/mol. The second-order valence-corrected chi connectivity index (χ2v) is 3.41. The molecule has 33 valence electrons. The molecule has 1 rings (SSSR count). The van der Waals surface area contributed by atoms with Crippen LogP contribution >= 0.6 is 11.3 Å². The van der Waals surface area contributed by atoms with Crippen LogP contribution in [-0.4, -0.2) is 0 Å². The van der Waals surface area contributed by atoms with E-state index < -0.39 is 0 Å². The molecule has 0 atom stereocenters. The van der Waals surface area contributed by atoms with Crippen LogP contribution in [0.2, 0.25) is 0 Å². The predicted molar refractivity (Wildman–Crippen MR) is 28.0 cm³/mol. The summed E-state index contributed by atoms with van der Waals surface area (Å²) in [5, 5.41) is 3.43. The van der Waals surface area contributed by atoms with E-state index in [0.717, 1.165) is 0 Å². The molecule has 0 unspecified atom stereocenters. The summed E-state index contributed by atoms with van der Waals surface area (Å²) in [7, 11) is 0. The van der Waals surface area contributed by atoms with Crippen LogP contribution in [-0.2, 0) is 23.3 Å². The van der Waals surface area contributed by atoms with Crippen LogP contribution in [0.15, 0.2) is 17.5 Å². The Bertz CT molecular complexity index is 123. The van der Waals surface area contributed by atoms with Crippen molar-refractivity contribution in [2.24, 2.45) is 0 Å². The van der Waals surface area contributed by atoms with Gasteiger partial charge in [-0.3, -0.25) is 0 Å². The zero-order valence-corrected chi connectivity index (χ0v) is 7.84. The zero-order valence-electron chi connectivity index (χ0n) is 4.05. The van der Waals surface area contributed by atoms with Gasteiger partial charge in [-0.25, -0.2) is 0 Å². The minimum atomic E-state index is 1.30. The minimum absolute atomic E-state index is 1.30. The Kier molecular flexibility index (Phi) is 2.02. The maximum atomic E-state index is 2.19. The molecule has 0 spiro atoms. The molecule has 7 heavy (non-hydrogen) atoms. The molecule has 0 aromatic carbocycles. The van der Waals surface area contributed by atoms with Crippen molar-refractivity contribution in [3.63, 3.8) is 0 Å². The van der Waals surface area contributed by atoms with Crippen molar-refractivity contribution in [2.75, 3.05) is 0 Å². The topological polar surface area (TPSA) is 0 Å². The first-order valence-electron chi connectivity index (χ1n) is 2.25. The fraction of sp³-hybridized carbons (Fsp3) is 0.200. The molecule has 0 radical (unpaired) electrons. The fourth-order valence-corrected chi connectivity index (χ4v) is 2.15. The van der Waals surface area contributed by atoms with Crippen LogP contribution in [0.3, 0.4) is 0 Å². The first-order valence-corrected chi connectivity index (χ1v) is 5.23. The summed E-state index contributed by atoms with van der Waals surface area (Å²) in [6, 6.07) is 4.30. The second kappa shape index (κ2) is 2.59. The van der Waals surface area contributed by atoms with Crippen LogP contribution in [0.25, 0.3) is 0 Å². The van der Waals surface area contributed by atoms with Crippen LogP contribution in [0.4, 0.5) is 0 Å². The first kappa shape index (κ1) is 5.46. The quantitative estimate of drug-likeness (QED) is 0.553. The molecule has 1 aromatic rings. The molecule has 0 aliphatic rings. The fourth-order valence-electron chi connectivity index (χ4n) is 0.455. The molecule has 0 aliphatic carbocycles. The van der Waals surface area contributed by atoms with Gasteiger partial charge in [0.1, 0.15) is 0 Å². The Morgan fingerprint density at radius 1 is 1.71 bits per heavy atom. The third kappa shape index (κ3) is 1.36. The van der Waals surface area contributed by atoms with E-state index >= 15 is 0 Å². The van der Waals surface area contributed by atoms with Gasteiger partial charge in [0.25, 0.3) is 0 Å². The molecule has 0 saturated heterocycles. The third-order valence-electron chi connectivity index (χ3n) is 0.827. The number of rotatable bonds is 1. The molecular formula is C5H5SZn. The number of hydrogen-bond acceptors (Lipinski definition) is 1. The molecule has 0 bridgehead atoms. The molecule has 1 aromatic heterocycles. The van der Waals surface area contributed by atoms with Gasteiger partial charge >= 0.3 is 57.0 Å². The molecular weight excluding hydrogens is 158 g/mol. The Balaban J connectivity index is 2.76.